The Morgan fingerprint density at radius 2 is 2.31 bits per heavy atom. The summed E-state index contributed by atoms with van der Waals surface area (Å²) in [5.41, 5.74) is -1.00. The molecule has 0 saturated carbocycles. The Kier molecular flexibility index (Phi) is 2.98. The van der Waals surface area contributed by atoms with E-state index in [0.717, 1.165) is 0 Å². The highest BCUT2D eigenvalue weighted by atomic mass is 16.5. The standard InChI is InChI=1S/C9H11BN2O4/c10-6-1-2-7(16-6)12-3-5(4-13)8(14)11-9(12)15/h3,6-7,13H,1-2,4H2,(H,11,14,15)/t6-,7?/m0/s1. The smallest absolute Gasteiger partial charge is 0.330 e. The van der Waals surface area contributed by atoms with Crippen LogP contribution in [0.1, 0.15) is 24.6 Å². The molecule has 0 amide bonds. The SMILES string of the molecule is [B][C@@H]1CCC(n2cc(CO)c(=O)[nH]c2=O)O1. The Bertz CT molecular complexity index is 495. The lowest BCUT2D eigenvalue weighted by atomic mass is 9.98. The van der Waals surface area contributed by atoms with E-state index in [0.29, 0.717) is 12.8 Å². The molecule has 0 aliphatic carbocycles. The van der Waals surface area contributed by atoms with Gasteiger partial charge in [-0.1, -0.05) is 0 Å². The van der Waals surface area contributed by atoms with Crippen LogP contribution in [-0.2, 0) is 11.3 Å². The Hall–Kier alpha value is -1.34. The van der Waals surface area contributed by atoms with Crippen LogP contribution in [0.4, 0.5) is 0 Å². The molecule has 84 valence electrons. The topological polar surface area (TPSA) is 84.3 Å². The minimum atomic E-state index is -0.578. The van der Waals surface area contributed by atoms with Crippen LogP contribution < -0.4 is 11.2 Å². The average Bonchev–Trinajstić information content (AvgIpc) is 2.65. The van der Waals surface area contributed by atoms with Crippen LogP contribution in [0.2, 0.25) is 0 Å². The number of nitrogens with zero attached hydrogens (tertiary/aromatic N) is 1. The maximum absolute atomic E-state index is 11.5. The van der Waals surface area contributed by atoms with Crippen molar-refractivity contribution in [2.45, 2.75) is 31.7 Å². The van der Waals surface area contributed by atoms with Crippen molar-refractivity contribution in [3.05, 3.63) is 32.6 Å². The van der Waals surface area contributed by atoms with E-state index in [1.54, 1.807) is 0 Å². The van der Waals surface area contributed by atoms with E-state index in [-0.39, 0.29) is 11.6 Å². The second-order valence-corrected chi connectivity index (χ2v) is 3.69. The van der Waals surface area contributed by atoms with Gasteiger partial charge in [-0.3, -0.25) is 14.3 Å². The first-order valence-electron chi connectivity index (χ1n) is 4.98. The number of nitrogens with one attached hydrogen (secondary N) is 1. The zero-order valence-corrected chi connectivity index (χ0v) is 8.55. The van der Waals surface area contributed by atoms with Crippen molar-refractivity contribution in [1.29, 1.82) is 0 Å². The first-order valence-corrected chi connectivity index (χ1v) is 4.98. The van der Waals surface area contributed by atoms with Gasteiger partial charge in [-0.05, 0) is 12.8 Å². The molecule has 0 spiro atoms. The monoisotopic (exact) mass is 222 g/mol. The highest BCUT2D eigenvalue weighted by molar-refractivity contribution is 6.11. The molecular weight excluding hydrogens is 211 g/mol. The molecule has 1 fully saturated rings. The van der Waals surface area contributed by atoms with Crippen LogP contribution >= 0.6 is 0 Å². The summed E-state index contributed by atoms with van der Waals surface area (Å²) in [6.45, 7) is -0.422. The fraction of sp³-hybridized carbons (Fsp3) is 0.556. The Labute approximate surface area is 92.3 Å². The zero-order valence-electron chi connectivity index (χ0n) is 8.55. The highest BCUT2D eigenvalue weighted by Gasteiger charge is 2.24. The Morgan fingerprint density at radius 1 is 1.56 bits per heavy atom. The first kappa shape index (κ1) is 11.2. The second kappa shape index (κ2) is 4.27. The number of hydrogen-bond acceptors (Lipinski definition) is 4. The minimum Gasteiger partial charge on any atom is -0.391 e. The third kappa shape index (κ3) is 1.96. The van der Waals surface area contributed by atoms with Crippen molar-refractivity contribution in [3.63, 3.8) is 0 Å². The predicted octanol–water partition coefficient (Wildman–Crippen LogP) is -1.17. The summed E-state index contributed by atoms with van der Waals surface area (Å²) in [6.07, 6.45) is 2.11. The molecule has 2 radical (unpaired) electrons. The van der Waals surface area contributed by atoms with E-state index in [9.17, 15) is 9.59 Å². The van der Waals surface area contributed by atoms with Crippen LogP contribution in [0.15, 0.2) is 15.8 Å². The molecular formula is C9H11BN2O4. The van der Waals surface area contributed by atoms with Crippen LogP contribution in [0.25, 0.3) is 0 Å². The predicted molar refractivity (Wildman–Crippen MR) is 56.1 cm³/mol. The lowest BCUT2D eigenvalue weighted by Gasteiger charge is -2.14. The number of ether oxygens (including phenoxy) is 1. The second-order valence-electron chi connectivity index (χ2n) is 3.69. The number of H-pyrrole nitrogens is 1. The summed E-state index contributed by atoms with van der Waals surface area (Å²) in [5.74, 6) is 0. The maximum atomic E-state index is 11.5. The lowest BCUT2D eigenvalue weighted by molar-refractivity contribution is 0.0336. The number of aromatic amines is 1. The van der Waals surface area contributed by atoms with Gasteiger partial charge in [-0.25, -0.2) is 4.79 Å². The van der Waals surface area contributed by atoms with Gasteiger partial charge in [0.05, 0.1) is 12.2 Å². The van der Waals surface area contributed by atoms with Crippen molar-refractivity contribution in [3.8, 4) is 0 Å². The summed E-state index contributed by atoms with van der Waals surface area (Å²) in [5, 5.41) is 8.93. The fourth-order valence-electron chi connectivity index (χ4n) is 1.70. The molecule has 16 heavy (non-hydrogen) atoms. The highest BCUT2D eigenvalue weighted by Crippen LogP contribution is 2.24. The number of aliphatic hydroxyl groups excluding tert-OH is 1. The van der Waals surface area contributed by atoms with Gasteiger partial charge >= 0.3 is 5.69 Å². The first-order chi connectivity index (χ1) is 7.61. The number of hydrogen-bond donors (Lipinski definition) is 2. The van der Waals surface area contributed by atoms with Crippen LogP contribution in [0, 0.1) is 0 Å². The van der Waals surface area contributed by atoms with Gasteiger partial charge in [0.15, 0.2) is 0 Å². The van der Waals surface area contributed by atoms with Crippen molar-refractivity contribution < 1.29 is 9.84 Å². The van der Waals surface area contributed by atoms with E-state index >= 15 is 0 Å². The van der Waals surface area contributed by atoms with Crippen LogP contribution in [-0.4, -0.2) is 28.5 Å². The minimum absolute atomic E-state index is 0.128. The molecule has 7 heteroatoms. The molecule has 1 aliphatic heterocycles. The maximum Gasteiger partial charge on any atom is 0.330 e. The van der Waals surface area contributed by atoms with Gasteiger partial charge in [0, 0.05) is 12.2 Å². The molecule has 6 nitrogen and oxygen atoms in total. The molecule has 2 rings (SSSR count). The van der Waals surface area contributed by atoms with Crippen molar-refractivity contribution in [1.82, 2.24) is 9.55 Å². The quantitative estimate of drug-likeness (QED) is 0.617. The zero-order chi connectivity index (χ0) is 11.7. The van der Waals surface area contributed by atoms with E-state index in [1.807, 2.05) is 0 Å². The van der Waals surface area contributed by atoms with Crippen LogP contribution in [0.5, 0.6) is 0 Å². The van der Waals surface area contributed by atoms with Gasteiger partial charge < -0.3 is 9.84 Å². The lowest BCUT2D eigenvalue weighted by Crippen LogP contribution is -2.34. The molecule has 1 aromatic rings. The van der Waals surface area contributed by atoms with Gasteiger partial charge in [-0.2, -0.15) is 0 Å². The summed E-state index contributed by atoms with van der Waals surface area (Å²) in [6, 6.07) is -0.388. The van der Waals surface area contributed by atoms with Crippen molar-refractivity contribution in [2.75, 3.05) is 0 Å². The molecule has 2 heterocycles. The summed E-state index contributed by atoms with van der Waals surface area (Å²) >= 11 is 0. The molecule has 2 atom stereocenters. The molecule has 2 N–H and O–H groups in total. The van der Waals surface area contributed by atoms with E-state index in [1.165, 1.54) is 10.8 Å². The molecule has 1 aliphatic rings. The Balaban J connectivity index is 2.41. The van der Waals surface area contributed by atoms with Gasteiger partial charge in [0.1, 0.15) is 14.1 Å². The number of rotatable bonds is 2. The van der Waals surface area contributed by atoms with Gasteiger partial charge in [0.2, 0.25) is 0 Å². The normalized spacial score (nSPS) is 24.8. The summed E-state index contributed by atoms with van der Waals surface area (Å²) < 4.78 is 6.55. The molecule has 1 aromatic heterocycles. The number of aromatic nitrogens is 2. The van der Waals surface area contributed by atoms with E-state index in [2.05, 4.69) is 4.98 Å². The number of aliphatic hydroxyl groups is 1. The fourth-order valence-corrected chi connectivity index (χ4v) is 1.70. The summed E-state index contributed by atoms with van der Waals surface area (Å²) in [7, 11) is 5.55. The van der Waals surface area contributed by atoms with Crippen LogP contribution in [0.3, 0.4) is 0 Å². The van der Waals surface area contributed by atoms with E-state index < -0.39 is 24.1 Å². The van der Waals surface area contributed by atoms with Gasteiger partial charge in [-0.15, -0.1) is 0 Å². The van der Waals surface area contributed by atoms with Crippen molar-refractivity contribution in [2.24, 2.45) is 0 Å². The summed E-state index contributed by atoms with van der Waals surface area (Å²) in [4.78, 5) is 24.8. The Morgan fingerprint density at radius 3 is 2.88 bits per heavy atom. The molecule has 0 aromatic carbocycles. The van der Waals surface area contributed by atoms with E-state index in [4.69, 9.17) is 17.7 Å². The molecule has 0 bridgehead atoms. The third-order valence-corrected chi connectivity index (χ3v) is 2.55. The molecule has 1 unspecified atom stereocenters. The van der Waals surface area contributed by atoms with Crippen molar-refractivity contribution >= 4 is 7.85 Å². The third-order valence-electron chi connectivity index (χ3n) is 2.55. The largest absolute Gasteiger partial charge is 0.391 e. The van der Waals surface area contributed by atoms with Gasteiger partial charge in [0.25, 0.3) is 5.56 Å². The average molecular weight is 222 g/mol. The molecule has 1 saturated heterocycles.